The van der Waals surface area contributed by atoms with Gasteiger partial charge in [0, 0.05) is 5.56 Å². The molecule has 1 aliphatic heterocycles. The van der Waals surface area contributed by atoms with E-state index in [-0.39, 0.29) is 33.7 Å². The second kappa shape index (κ2) is 10.2. The third kappa shape index (κ3) is 5.18. The van der Waals surface area contributed by atoms with Gasteiger partial charge in [0.1, 0.15) is 5.82 Å². The molecule has 1 heterocycles. The summed E-state index contributed by atoms with van der Waals surface area (Å²) in [5.74, 6) is -1.37. The average Bonchev–Trinajstić information content (AvgIpc) is 3.16. The molecule has 6 nitrogen and oxygen atoms in total. The van der Waals surface area contributed by atoms with E-state index in [0.29, 0.717) is 22.2 Å². The lowest BCUT2D eigenvalue weighted by molar-refractivity contribution is -0.129. The summed E-state index contributed by atoms with van der Waals surface area (Å²) in [5, 5.41) is 0.259. The summed E-state index contributed by atoms with van der Waals surface area (Å²) in [6, 6.07) is 15.3. The molecular weight excluding hydrogens is 529 g/mol. The first-order valence-electron chi connectivity index (χ1n) is 10.1. The highest BCUT2D eigenvalue weighted by Crippen LogP contribution is 2.38. The van der Waals surface area contributed by atoms with Crippen LogP contribution in [0.3, 0.4) is 0 Å². The number of carbonyl (C=O) groups is 2. The normalized spacial score (nSPS) is 14.1. The molecule has 0 aliphatic carbocycles. The standard InChI is InChI=1S/C25H16BrClFNO5/c1-2-32-21-12-14(10-18(26)22(21)33-24(30)17-8-3-4-9-19(17)27)11-20-25(31)34-23(29-20)15-6-5-7-16(28)13-15/h3-13H,2H2,1H3/b20-11-. The first kappa shape index (κ1) is 23.7. The van der Waals surface area contributed by atoms with Crippen molar-refractivity contribution in [2.45, 2.75) is 6.92 Å². The number of esters is 2. The minimum Gasteiger partial charge on any atom is -0.490 e. The van der Waals surface area contributed by atoms with Crippen molar-refractivity contribution >= 4 is 51.4 Å². The number of rotatable bonds is 6. The summed E-state index contributed by atoms with van der Waals surface area (Å²) in [7, 11) is 0. The number of nitrogens with zero attached hydrogens (tertiary/aromatic N) is 1. The van der Waals surface area contributed by atoms with Crippen LogP contribution in [-0.4, -0.2) is 24.4 Å². The van der Waals surface area contributed by atoms with Crippen LogP contribution in [0, 0.1) is 5.82 Å². The molecule has 0 amide bonds. The average molecular weight is 545 g/mol. The fourth-order valence-corrected chi connectivity index (χ4v) is 3.87. The molecule has 0 N–H and O–H groups in total. The molecule has 0 unspecified atom stereocenters. The van der Waals surface area contributed by atoms with E-state index in [9.17, 15) is 14.0 Å². The van der Waals surface area contributed by atoms with Crippen LogP contribution in [0.2, 0.25) is 5.02 Å². The van der Waals surface area contributed by atoms with Crippen molar-refractivity contribution < 1.29 is 28.2 Å². The van der Waals surface area contributed by atoms with Crippen molar-refractivity contribution in [2.75, 3.05) is 6.61 Å². The first-order valence-corrected chi connectivity index (χ1v) is 11.2. The summed E-state index contributed by atoms with van der Waals surface area (Å²) in [6.45, 7) is 2.08. The molecule has 9 heteroatoms. The largest absolute Gasteiger partial charge is 0.490 e. The molecule has 172 valence electrons. The summed E-state index contributed by atoms with van der Waals surface area (Å²) >= 11 is 9.49. The van der Waals surface area contributed by atoms with E-state index < -0.39 is 17.8 Å². The number of halogens is 3. The maximum atomic E-state index is 13.5. The Labute approximate surface area is 207 Å². The Balaban J connectivity index is 1.66. The van der Waals surface area contributed by atoms with Gasteiger partial charge in [-0.2, -0.15) is 0 Å². The van der Waals surface area contributed by atoms with Gasteiger partial charge in [0.25, 0.3) is 0 Å². The minimum absolute atomic E-state index is 0.00476. The van der Waals surface area contributed by atoms with Gasteiger partial charge in [0.15, 0.2) is 17.2 Å². The highest BCUT2D eigenvalue weighted by Gasteiger charge is 2.25. The summed E-state index contributed by atoms with van der Waals surface area (Å²) < 4.78 is 30.3. The van der Waals surface area contributed by atoms with Crippen molar-refractivity contribution in [3.8, 4) is 11.5 Å². The molecule has 34 heavy (non-hydrogen) atoms. The Hall–Kier alpha value is -3.49. The zero-order valence-corrected chi connectivity index (χ0v) is 20.0. The molecule has 0 atom stereocenters. The molecule has 1 aliphatic rings. The van der Waals surface area contributed by atoms with Gasteiger partial charge in [-0.05, 0) is 77.0 Å². The lowest BCUT2D eigenvalue weighted by atomic mass is 10.1. The van der Waals surface area contributed by atoms with Crippen LogP contribution < -0.4 is 9.47 Å². The van der Waals surface area contributed by atoms with E-state index in [1.54, 1.807) is 49.4 Å². The molecule has 4 rings (SSSR count). The molecule has 0 radical (unpaired) electrons. The Morgan fingerprint density at radius 3 is 2.71 bits per heavy atom. The van der Waals surface area contributed by atoms with Crippen molar-refractivity contribution in [1.82, 2.24) is 0 Å². The second-order valence-electron chi connectivity index (χ2n) is 6.98. The van der Waals surface area contributed by atoms with Crippen LogP contribution in [-0.2, 0) is 9.53 Å². The maximum absolute atomic E-state index is 13.5. The quantitative estimate of drug-likeness (QED) is 0.210. The van der Waals surface area contributed by atoms with Crippen LogP contribution in [0.5, 0.6) is 11.5 Å². The van der Waals surface area contributed by atoms with Crippen molar-refractivity contribution in [3.05, 3.63) is 98.4 Å². The summed E-state index contributed by atoms with van der Waals surface area (Å²) in [5.41, 5.74) is 1.10. The second-order valence-corrected chi connectivity index (χ2v) is 8.24. The third-order valence-electron chi connectivity index (χ3n) is 4.62. The Bertz CT molecular complexity index is 1350. The van der Waals surface area contributed by atoms with Gasteiger partial charge >= 0.3 is 11.9 Å². The first-order chi connectivity index (χ1) is 16.4. The fraction of sp³-hybridized carbons (Fsp3) is 0.0800. The van der Waals surface area contributed by atoms with E-state index in [4.69, 9.17) is 25.8 Å². The number of benzene rings is 3. The van der Waals surface area contributed by atoms with Gasteiger partial charge < -0.3 is 14.2 Å². The molecular formula is C25H16BrClFNO5. The van der Waals surface area contributed by atoms with E-state index in [2.05, 4.69) is 20.9 Å². The highest BCUT2D eigenvalue weighted by molar-refractivity contribution is 9.10. The number of aliphatic imine (C=N–C) groups is 1. The van der Waals surface area contributed by atoms with Crippen LogP contribution in [0.25, 0.3) is 6.08 Å². The van der Waals surface area contributed by atoms with Crippen LogP contribution >= 0.6 is 27.5 Å². The van der Waals surface area contributed by atoms with E-state index in [0.717, 1.165) is 0 Å². The fourth-order valence-electron chi connectivity index (χ4n) is 3.12. The number of carbonyl (C=O) groups excluding carboxylic acids is 2. The topological polar surface area (TPSA) is 74.2 Å². The molecule has 0 saturated heterocycles. The molecule has 0 fully saturated rings. The van der Waals surface area contributed by atoms with Crippen LogP contribution in [0.1, 0.15) is 28.4 Å². The van der Waals surface area contributed by atoms with Crippen molar-refractivity contribution in [2.24, 2.45) is 4.99 Å². The molecule has 3 aromatic carbocycles. The van der Waals surface area contributed by atoms with Gasteiger partial charge in [-0.15, -0.1) is 0 Å². The van der Waals surface area contributed by atoms with E-state index in [1.807, 2.05) is 0 Å². The SMILES string of the molecule is CCOc1cc(/C=C2\N=C(c3cccc(F)c3)OC2=O)cc(Br)c1OC(=O)c1ccccc1Cl. The molecule has 0 saturated carbocycles. The number of hydrogen-bond donors (Lipinski definition) is 0. The van der Waals surface area contributed by atoms with E-state index in [1.165, 1.54) is 24.3 Å². The maximum Gasteiger partial charge on any atom is 0.363 e. The Morgan fingerprint density at radius 1 is 1.18 bits per heavy atom. The Kier molecular flexibility index (Phi) is 7.09. The number of hydrogen-bond acceptors (Lipinski definition) is 6. The molecule has 3 aromatic rings. The monoisotopic (exact) mass is 543 g/mol. The lowest BCUT2D eigenvalue weighted by Crippen LogP contribution is -2.11. The van der Waals surface area contributed by atoms with Gasteiger partial charge in [0.05, 0.1) is 21.7 Å². The van der Waals surface area contributed by atoms with Crippen LogP contribution in [0.15, 0.2) is 75.8 Å². The smallest absolute Gasteiger partial charge is 0.363 e. The molecule has 0 bridgehead atoms. The van der Waals surface area contributed by atoms with Crippen molar-refractivity contribution in [3.63, 3.8) is 0 Å². The molecule has 0 aromatic heterocycles. The van der Waals surface area contributed by atoms with Gasteiger partial charge in [-0.25, -0.2) is 19.0 Å². The number of ether oxygens (including phenoxy) is 3. The van der Waals surface area contributed by atoms with Gasteiger partial charge in [-0.1, -0.05) is 29.8 Å². The summed E-state index contributed by atoms with van der Waals surface area (Å²) in [4.78, 5) is 29.1. The van der Waals surface area contributed by atoms with Crippen LogP contribution in [0.4, 0.5) is 4.39 Å². The number of cyclic esters (lactones) is 1. The summed E-state index contributed by atoms with van der Waals surface area (Å²) in [6.07, 6.45) is 1.49. The lowest BCUT2D eigenvalue weighted by Gasteiger charge is -2.14. The van der Waals surface area contributed by atoms with E-state index >= 15 is 0 Å². The predicted octanol–water partition coefficient (Wildman–Crippen LogP) is 6.20. The minimum atomic E-state index is -0.678. The zero-order chi connectivity index (χ0) is 24.2. The Morgan fingerprint density at radius 2 is 1.97 bits per heavy atom. The van der Waals surface area contributed by atoms with Gasteiger partial charge in [0.2, 0.25) is 5.90 Å². The third-order valence-corrected chi connectivity index (χ3v) is 5.53. The van der Waals surface area contributed by atoms with Crippen molar-refractivity contribution in [1.29, 1.82) is 0 Å². The highest BCUT2D eigenvalue weighted by atomic mass is 79.9. The van der Waals surface area contributed by atoms with Gasteiger partial charge in [-0.3, -0.25) is 0 Å². The predicted molar refractivity (Wildman–Crippen MR) is 129 cm³/mol. The zero-order valence-electron chi connectivity index (χ0n) is 17.7. The molecule has 0 spiro atoms.